The summed E-state index contributed by atoms with van der Waals surface area (Å²) in [5.41, 5.74) is 1.15. The van der Waals surface area contributed by atoms with Crippen molar-refractivity contribution in [3.05, 3.63) is 76.0 Å². The van der Waals surface area contributed by atoms with Gasteiger partial charge in [0, 0.05) is 16.4 Å². The molecule has 1 heterocycles. The minimum Gasteiger partial charge on any atom is -0.456 e. The maximum atomic E-state index is 12.0. The number of nitrogens with one attached hydrogen (secondary N) is 2. The monoisotopic (exact) mass is 390 g/mol. The molecule has 0 aliphatic rings. The van der Waals surface area contributed by atoms with E-state index in [2.05, 4.69) is 26.2 Å². The molecule has 0 atom stereocenters. The lowest BCUT2D eigenvalue weighted by Gasteiger charge is -2.08. The number of hydrogen-bond acceptors (Lipinski definition) is 2. The van der Waals surface area contributed by atoms with E-state index in [0.717, 1.165) is 4.47 Å². The van der Waals surface area contributed by atoms with Crippen LogP contribution in [0.15, 0.2) is 65.3 Å². The molecule has 3 aromatic rings. The second-order valence-corrected chi connectivity index (χ2v) is 6.07. The van der Waals surface area contributed by atoms with Crippen molar-refractivity contribution in [1.82, 2.24) is 4.98 Å². The zero-order valence-corrected chi connectivity index (χ0v) is 14.2. The SMILES string of the molecule is O=C(Nc1ccc(Oc2ccccc2Cl)cc1)c1cc(Br)c[nH]1. The minimum absolute atomic E-state index is 0.213. The summed E-state index contributed by atoms with van der Waals surface area (Å²) >= 11 is 9.35. The van der Waals surface area contributed by atoms with Gasteiger partial charge in [-0.15, -0.1) is 0 Å². The Bertz CT molecular complexity index is 831. The molecule has 0 saturated heterocycles. The summed E-state index contributed by atoms with van der Waals surface area (Å²) in [6.07, 6.45) is 1.70. The lowest BCUT2D eigenvalue weighted by molar-refractivity contribution is 0.102. The van der Waals surface area contributed by atoms with E-state index in [-0.39, 0.29) is 5.91 Å². The van der Waals surface area contributed by atoms with Gasteiger partial charge >= 0.3 is 0 Å². The van der Waals surface area contributed by atoms with Crippen molar-refractivity contribution in [3.8, 4) is 11.5 Å². The summed E-state index contributed by atoms with van der Waals surface area (Å²) in [6.45, 7) is 0. The van der Waals surface area contributed by atoms with Gasteiger partial charge in [0.15, 0.2) is 0 Å². The zero-order chi connectivity index (χ0) is 16.2. The van der Waals surface area contributed by atoms with E-state index < -0.39 is 0 Å². The van der Waals surface area contributed by atoms with Gasteiger partial charge < -0.3 is 15.0 Å². The predicted molar refractivity (Wildman–Crippen MR) is 94.4 cm³/mol. The molecular weight excluding hydrogens is 380 g/mol. The normalized spacial score (nSPS) is 10.3. The number of aromatic nitrogens is 1. The molecule has 0 aliphatic carbocycles. The smallest absolute Gasteiger partial charge is 0.272 e. The fraction of sp³-hybridized carbons (Fsp3) is 0. The van der Waals surface area contributed by atoms with Gasteiger partial charge in [0.05, 0.1) is 5.02 Å². The number of H-pyrrole nitrogens is 1. The van der Waals surface area contributed by atoms with Gasteiger partial charge in [-0.25, -0.2) is 0 Å². The number of carbonyl (C=O) groups excluding carboxylic acids is 1. The van der Waals surface area contributed by atoms with Crippen molar-refractivity contribution in [2.24, 2.45) is 0 Å². The summed E-state index contributed by atoms with van der Waals surface area (Å²) in [5.74, 6) is 1.01. The van der Waals surface area contributed by atoms with E-state index in [9.17, 15) is 4.79 Å². The van der Waals surface area contributed by atoms with Gasteiger partial charge in [-0.3, -0.25) is 4.79 Å². The van der Waals surface area contributed by atoms with Crippen molar-refractivity contribution in [3.63, 3.8) is 0 Å². The molecule has 1 aromatic heterocycles. The standard InChI is InChI=1S/C17H12BrClN2O2/c18-11-9-15(20-10-11)17(22)21-12-5-7-13(8-6-12)23-16-4-2-1-3-14(16)19/h1-10,20H,(H,21,22). The molecule has 0 fully saturated rings. The molecule has 1 amide bonds. The number of hydrogen-bond donors (Lipinski definition) is 2. The first-order valence-electron chi connectivity index (χ1n) is 6.79. The Morgan fingerprint density at radius 2 is 1.87 bits per heavy atom. The van der Waals surface area contributed by atoms with E-state index in [0.29, 0.717) is 27.9 Å². The highest BCUT2D eigenvalue weighted by atomic mass is 79.9. The Labute approximate surface area is 146 Å². The first-order valence-corrected chi connectivity index (χ1v) is 7.96. The molecule has 6 heteroatoms. The highest BCUT2D eigenvalue weighted by Crippen LogP contribution is 2.29. The van der Waals surface area contributed by atoms with Crippen LogP contribution in [0.4, 0.5) is 5.69 Å². The quantitative estimate of drug-likeness (QED) is 0.619. The Kier molecular flexibility index (Phi) is 4.69. The summed E-state index contributed by atoms with van der Waals surface area (Å²) < 4.78 is 6.53. The van der Waals surface area contributed by atoms with E-state index >= 15 is 0 Å². The second-order valence-electron chi connectivity index (χ2n) is 4.74. The Morgan fingerprint density at radius 3 is 2.52 bits per heavy atom. The fourth-order valence-electron chi connectivity index (χ4n) is 1.96. The Balaban J connectivity index is 1.67. The summed E-state index contributed by atoms with van der Waals surface area (Å²) in [5, 5.41) is 3.35. The number of amides is 1. The summed E-state index contributed by atoms with van der Waals surface area (Å²) in [7, 11) is 0. The van der Waals surface area contributed by atoms with E-state index in [1.54, 1.807) is 48.7 Å². The molecular formula is C17H12BrClN2O2. The molecule has 3 rings (SSSR count). The van der Waals surface area contributed by atoms with Crippen molar-refractivity contribution in [2.75, 3.05) is 5.32 Å². The molecule has 0 radical (unpaired) electrons. The van der Waals surface area contributed by atoms with Crippen LogP contribution in [0.3, 0.4) is 0 Å². The molecule has 0 spiro atoms. The number of carbonyl (C=O) groups is 1. The van der Waals surface area contributed by atoms with Crippen LogP contribution in [0.5, 0.6) is 11.5 Å². The van der Waals surface area contributed by atoms with Gasteiger partial charge in [0.25, 0.3) is 5.91 Å². The number of rotatable bonds is 4. The fourth-order valence-corrected chi connectivity index (χ4v) is 2.48. The van der Waals surface area contributed by atoms with Crippen LogP contribution < -0.4 is 10.1 Å². The lowest BCUT2D eigenvalue weighted by atomic mass is 10.3. The third-order valence-corrected chi connectivity index (χ3v) is 3.84. The third kappa shape index (κ3) is 3.94. The van der Waals surface area contributed by atoms with E-state index in [1.165, 1.54) is 0 Å². The summed E-state index contributed by atoms with van der Waals surface area (Å²) in [6, 6.07) is 16.0. The molecule has 2 N–H and O–H groups in total. The zero-order valence-electron chi connectivity index (χ0n) is 11.8. The van der Waals surface area contributed by atoms with Crippen molar-refractivity contribution < 1.29 is 9.53 Å². The van der Waals surface area contributed by atoms with Crippen molar-refractivity contribution in [1.29, 1.82) is 0 Å². The summed E-state index contributed by atoms with van der Waals surface area (Å²) in [4.78, 5) is 14.9. The highest BCUT2D eigenvalue weighted by molar-refractivity contribution is 9.10. The number of aromatic amines is 1. The maximum Gasteiger partial charge on any atom is 0.272 e. The van der Waals surface area contributed by atoms with E-state index in [4.69, 9.17) is 16.3 Å². The van der Waals surface area contributed by atoms with Crippen LogP contribution in [-0.4, -0.2) is 10.9 Å². The molecule has 23 heavy (non-hydrogen) atoms. The van der Waals surface area contributed by atoms with Gasteiger partial charge in [-0.05, 0) is 58.4 Å². The first kappa shape index (κ1) is 15.6. The number of halogens is 2. The molecule has 0 unspecified atom stereocenters. The molecule has 4 nitrogen and oxygen atoms in total. The van der Waals surface area contributed by atoms with Gasteiger partial charge in [-0.1, -0.05) is 23.7 Å². The largest absolute Gasteiger partial charge is 0.456 e. The van der Waals surface area contributed by atoms with Crippen LogP contribution >= 0.6 is 27.5 Å². The second kappa shape index (κ2) is 6.89. The molecule has 116 valence electrons. The number of anilines is 1. The Morgan fingerprint density at radius 1 is 1.13 bits per heavy atom. The van der Waals surface area contributed by atoms with Gasteiger partial charge in [0.2, 0.25) is 0 Å². The topological polar surface area (TPSA) is 54.1 Å². The number of ether oxygens (including phenoxy) is 1. The van der Waals surface area contributed by atoms with Crippen molar-refractivity contribution in [2.45, 2.75) is 0 Å². The molecule has 0 bridgehead atoms. The Hall–Kier alpha value is -2.24. The van der Waals surface area contributed by atoms with Crippen molar-refractivity contribution >= 4 is 39.1 Å². The number of para-hydroxylation sites is 1. The van der Waals surface area contributed by atoms with Crippen LogP contribution in [0.25, 0.3) is 0 Å². The third-order valence-electron chi connectivity index (χ3n) is 3.07. The van der Waals surface area contributed by atoms with Crippen LogP contribution in [-0.2, 0) is 0 Å². The molecule has 0 saturated carbocycles. The van der Waals surface area contributed by atoms with Crippen LogP contribution in [0, 0.1) is 0 Å². The van der Waals surface area contributed by atoms with E-state index in [1.807, 2.05) is 12.1 Å². The number of benzene rings is 2. The van der Waals surface area contributed by atoms with Gasteiger partial charge in [0.1, 0.15) is 17.2 Å². The molecule has 2 aromatic carbocycles. The van der Waals surface area contributed by atoms with Crippen LogP contribution in [0.1, 0.15) is 10.5 Å². The highest BCUT2D eigenvalue weighted by Gasteiger charge is 2.08. The maximum absolute atomic E-state index is 12.0. The lowest BCUT2D eigenvalue weighted by Crippen LogP contribution is -2.11. The van der Waals surface area contributed by atoms with Gasteiger partial charge in [-0.2, -0.15) is 0 Å². The average Bonchev–Trinajstić information content (AvgIpc) is 2.98. The average molecular weight is 392 g/mol. The predicted octanol–water partition coefficient (Wildman–Crippen LogP) is 5.48. The minimum atomic E-state index is -0.213. The van der Waals surface area contributed by atoms with Crippen LogP contribution in [0.2, 0.25) is 5.02 Å². The first-order chi connectivity index (χ1) is 11.1. The molecule has 0 aliphatic heterocycles.